The summed E-state index contributed by atoms with van der Waals surface area (Å²) in [6, 6.07) is 0. The smallest absolute Gasteiger partial charge is 0.334 e. The maximum Gasteiger partial charge on any atom is 0.334 e. The molecule has 40 heavy (non-hydrogen) atoms. The number of esters is 1. The molecule has 3 rings (SSSR count). The lowest BCUT2D eigenvalue weighted by molar-refractivity contribution is -0.139. The Hall–Kier alpha value is -1.20. The molecule has 2 saturated heterocycles. The second-order valence-electron chi connectivity index (χ2n) is 12.8. The van der Waals surface area contributed by atoms with Gasteiger partial charge in [-0.25, -0.2) is 4.79 Å². The zero-order valence-electron chi connectivity index (χ0n) is 26.0. The first-order chi connectivity index (χ1) is 19.6. The second kappa shape index (κ2) is 19.8. The molecule has 0 saturated carbocycles. The fraction of sp³-hybridized carbons (Fsp3) is 0.886. The molecule has 3 heterocycles. The summed E-state index contributed by atoms with van der Waals surface area (Å²) in [5.41, 5.74) is 0.839. The van der Waals surface area contributed by atoms with Crippen molar-refractivity contribution in [2.24, 2.45) is 0 Å². The number of epoxide rings is 2. The van der Waals surface area contributed by atoms with Crippen LogP contribution in [0.3, 0.4) is 0 Å². The highest BCUT2D eigenvalue weighted by Crippen LogP contribution is 2.37. The number of cyclic esters (lactones) is 1. The first-order valence-electron chi connectivity index (χ1n) is 17.3. The summed E-state index contributed by atoms with van der Waals surface area (Å²) in [5.74, 6) is 0.276. The van der Waals surface area contributed by atoms with Crippen LogP contribution < -0.4 is 0 Å². The molecule has 5 heteroatoms. The number of Topliss-reactive ketones (excluding diaryl/α,β-unsaturated/α-hetero) is 1. The number of ether oxygens (including phenoxy) is 3. The van der Waals surface area contributed by atoms with Crippen molar-refractivity contribution in [1.82, 2.24) is 0 Å². The van der Waals surface area contributed by atoms with Gasteiger partial charge in [-0.1, -0.05) is 96.8 Å². The van der Waals surface area contributed by atoms with Crippen LogP contribution >= 0.6 is 0 Å². The van der Waals surface area contributed by atoms with Gasteiger partial charge in [0.15, 0.2) is 0 Å². The highest BCUT2D eigenvalue weighted by Gasteiger charge is 2.42. The Morgan fingerprint density at radius 3 is 1.62 bits per heavy atom. The number of carbonyl (C=O) groups is 2. The molecule has 5 atom stereocenters. The van der Waals surface area contributed by atoms with Gasteiger partial charge in [-0.05, 0) is 64.4 Å². The number of ketones is 1. The lowest BCUT2D eigenvalue weighted by atomic mass is 10.0. The van der Waals surface area contributed by atoms with E-state index in [9.17, 15) is 9.59 Å². The molecular formula is C35H60O5. The SMILES string of the molecule is CCCCCCCCCCCC[C@@H]1O[C@@H]1CC[C@@H]1O[C@@H]1CCCCC(=O)CCCCCCCC1=CC(C)OC1=O. The van der Waals surface area contributed by atoms with Gasteiger partial charge in [0.1, 0.15) is 11.9 Å². The van der Waals surface area contributed by atoms with Crippen LogP contribution in [0.4, 0.5) is 0 Å². The average Bonchev–Trinajstić information content (AvgIpc) is 3.84. The van der Waals surface area contributed by atoms with E-state index in [0.717, 1.165) is 89.0 Å². The van der Waals surface area contributed by atoms with Crippen molar-refractivity contribution < 1.29 is 23.8 Å². The summed E-state index contributed by atoms with van der Waals surface area (Å²) >= 11 is 0. The number of hydrogen-bond acceptors (Lipinski definition) is 5. The molecule has 0 aromatic heterocycles. The van der Waals surface area contributed by atoms with Gasteiger partial charge in [-0.15, -0.1) is 0 Å². The molecule has 1 unspecified atom stereocenters. The molecule has 0 aromatic rings. The fourth-order valence-electron chi connectivity index (χ4n) is 6.31. The Labute approximate surface area is 245 Å². The molecular weight excluding hydrogens is 500 g/mol. The van der Waals surface area contributed by atoms with Crippen LogP contribution in [0.15, 0.2) is 11.6 Å². The molecule has 5 nitrogen and oxygen atoms in total. The normalized spacial score (nSPS) is 25.2. The number of rotatable bonds is 27. The van der Waals surface area contributed by atoms with Crippen molar-refractivity contribution >= 4 is 11.8 Å². The van der Waals surface area contributed by atoms with Gasteiger partial charge in [0.05, 0.1) is 24.4 Å². The van der Waals surface area contributed by atoms with Gasteiger partial charge >= 0.3 is 5.97 Å². The van der Waals surface area contributed by atoms with Gasteiger partial charge in [0, 0.05) is 18.4 Å². The standard InChI is InChI=1S/C35H60O5/c1-3-4-5-6-7-8-9-10-14-17-23-31-33(39-31)25-26-34-32(40-34)24-19-18-22-30(36)21-16-13-11-12-15-20-29-27-28(2)38-35(29)37/h27-28,31-34H,3-26H2,1-2H3/t28?,31-,32+,33+,34-/m0/s1. The van der Waals surface area contributed by atoms with Crippen molar-refractivity contribution in [2.75, 3.05) is 0 Å². The molecule has 0 spiro atoms. The molecule has 0 N–H and O–H groups in total. The minimum absolute atomic E-state index is 0.0638. The molecule has 230 valence electrons. The van der Waals surface area contributed by atoms with Gasteiger partial charge in [-0.3, -0.25) is 4.79 Å². The summed E-state index contributed by atoms with van der Waals surface area (Å²) < 4.78 is 16.9. The van der Waals surface area contributed by atoms with Crippen LogP contribution in [0.5, 0.6) is 0 Å². The Kier molecular flexibility index (Phi) is 16.5. The van der Waals surface area contributed by atoms with Gasteiger partial charge in [0.2, 0.25) is 0 Å². The van der Waals surface area contributed by atoms with Gasteiger partial charge in [0.25, 0.3) is 0 Å². The van der Waals surface area contributed by atoms with Crippen LogP contribution in [0, 0.1) is 0 Å². The number of carbonyl (C=O) groups excluding carboxylic acids is 2. The second-order valence-corrected chi connectivity index (χ2v) is 12.8. The van der Waals surface area contributed by atoms with Crippen LogP contribution in [0.2, 0.25) is 0 Å². The molecule has 3 aliphatic heterocycles. The summed E-state index contributed by atoms with van der Waals surface area (Å²) in [5, 5.41) is 0. The summed E-state index contributed by atoms with van der Waals surface area (Å²) in [6.45, 7) is 4.18. The zero-order valence-corrected chi connectivity index (χ0v) is 26.0. The van der Waals surface area contributed by atoms with Crippen molar-refractivity contribution in [1.29, 1.82) is 0 Å². The number of hydrogen-bond donors (Lipinski definition) is 0. The van der Waals surface area contributed by atoms with Crippen molar-refractivity contribution in [3.63, 3.8) is 0 Å². The van der Waals surface area contributed by atoms with Crippen LogP contribution in [-0.4, -0.2) is 42.3 Å². The molecule has 0 aromatic carbocycles. The van der Waals surface area contributed by atoms with Gasteiger partial charge in [-0.2, -0.15) is 0 Å². The summed E-state index contributed by atoms with van der Waals surface area (Å²) in [6.07, 6.45) is 32.1. The first kappa shape index (κ1) is 33.3. The fourth-order valence-corrected chi connectivity index (χ4v) is 6.31. The van der Waals surface area contributed by atoms with Crippen molar-refractivity contribution in [2.45, 2.75) is 198 Å². The minimum atomic E-state index is -0.141. The Morgan fingerprint density at radius 1 is 0.625 bits per heavy atom. The predicted molar refractivity (Wildman–Crippen MR) is 162 cm³/mol. The Bertz CT molecular complexity index is 746. The van der Waals surface area contributed by atoms with Crippen molar-refractivity contribution in [3.05, 3.63) is 11.6 Å². The maximum atomic E-state index is 12.2. The molecule has 3 aliphatic rings. The lowest BCUT2D eigenvalue weighted by Crippen LogP contribution is -2.03. The van der Waals surface area contributed by atoms with Crippen LogP contribution in [0.1, 0.15) is 168 Å². The van der Waals surface area contributed by atoms with Crippen LogP contribution in [-0.2, 0) is 23.8 Å². The molecule has 0 bridgehead atoms. The van der Waals surface area contributed by atoms with E-state index in [0.29, 0.717) is 30.2 Å². The lowest BCUT2D eigenvalue weighted by Gasteiger charge is -2.03. The molecule has 2 fully saturated rings. The number of unbranched alkanes of at least 4 members (excludes halogenated alkanes) is 14. The minimum Gasteiger partial charge on any atom is -0.455 e. The topological polar surface area (TPSA) is 68.4 Å². The highest BCUT2D eigenvalue weighted by molar-refractivity contribution is 5.90. The van der Waals surface area contributed by atoms with E-state index >= 15 is 0 Å². The predicted octanol–water partition coefficient (Wildman–Crippen LogP) is 9.34. The third-order valence-corrected chi connectivity index (χ3v) is 9.04. The summed E-state index contributed by atoms with van der Waals surface area (Å²) in [7, 11) is 0. The molecule has 0 amide bonds. The largest absolute Gasteiger partial charge is 0.455 e. The van der Waals surface area contributed by atoms with E-state index in [-0.39, 0.29) is 12.1 Å². The molecule has 0 radical (unpaired) electrons. The Morgan fingerprint density at radius 2 is 1.07 bits per heavy atom. The maximum absolute atomic E-state index is 12.2. The quantitative estimate of drug-likeness (QED) is 0.0569. The van der Waals surface area contributed by atoms with E-state index < -0.39 is 0 Å². The van der Waals surface area contributed by atoms with Crippen molar-refractivity contribution in [3.8, 4) is 0 Å². The van der Waals surface area contributed by atoms with E-state index in [2.05, 4.69) is 6.92 Å². The van der Waals surface area contributed by atoms with Crippen LogP contribution in [0.25, 0.3) is 0 Å². The van der Waals surface area contributed by atoms with E-state index in [1.807, 2.05) is 13.0 Å². The zero-order chi connectivity index (χ0) is 28.4. The highest BCUT2D eigenvalue weighted by atomic mass is 16.6. The first-order valence-corrected chi connectivity index (χ1v) is 17.3. The third kappa shape index (κ3) is 14.6. The summed E-state index contributed by atoms with van der Waals surface area (Å²) in [4.78, 5) is 23.8. The van der Waals surface area contributed by atoms with E-state index in [4.69, 9.17) is 14.2 Å². The third-order valence-electron chi connectivity index (χ3n) is 9.04. The average molecular weight is 561 g/mol. The van der Waals surface area contributed by atoms with Gasteiger partial charge < -0.3 is 14.2 Å². The van der Waals surface area contributed by atoms with E-state index in [1.165, 1.54) is 70.6 Å². The monoisotopic (exact) mass is 560 g/mol. The Balaban J connectivity index is 1.02. The van der Waals surface area contributed by atoms with E-state index in [1.54, 1.807) is 0 Å². The molecule has 0 aliphatic carbocycles.